The summed E-state index contributed by atoms with van der Waals surface area (Å²) in [7, 11) is 0. The van der Waals surface area contributed by atoms with E-state index in [9.17, 15) is 14.4 Å². The molecule has 0 aliphatic rings. The van der Waals surface area contributed by atoms with Crippen LogP contribution in [0.15, 0.2) is 60.7 Å². The number of carbonyl (C=O) groups is 3. The predicted molar refractivity (Wildman–Crippen MR) is 183 cm³/mol. The molecule has 0 bridgehead atoms. The lowest BCUT2D eigenvalue weighted by Crippen LogP contribution is -2.53. The molecule has 2 atom stereocenters. The van der Waals surface area contributed by atoms with Crippen LogP contribution < -0.4 is 10.6 Å². The first-order chi connectivity index (χ1) is 20.9. The van der Waals surface area contributed by atoms with Gasteiger partial charge >= 0.3 is 6.09 Å². The number of hydrogen-bond acceptors (Lipinski definition) is 5. The number of ether oxygens (including phenoxy) is 1. The van der Waals surface area contributed by atoms with Crippen molar-refractivity contribution in [2.45, 2.75) is 91.3 Å². The van der Waals surface area contributed by atoms with Crippen molar-refractivity contribution in [1.82, 2.24) is 10.2 Å². The minimum atomic E-state index is -0.895. The summed E-state index contributed by atoms with van der Waals surface area (Å²) in [6.07, 6.45) is 5.49. The zero-order valence-electron chi connectivity index (χ0n) is 27.4. The number of aryl methyl sites for hydroxylation is 2. The lowest BCUT2D eigenvalue weighted by Gasteiger charge is -2.35. The van der Waals surface area contributed by atoms with Crippen molar-refractivity contribution >= 4 is 46.1 Å². The maximum absolute atomic E-state index is 14.5. The van der Waals surface area contributed by atoms with Crippen molar-refractivity contribution in [3.63, 3.8) is 0 Å². The highest BCUT2D eigenvalue weighted by Crippen LogP contribution is 2.29. The molecule has 8 heteroatoms. The van der Waals surface area contributed by atoms with Gasteiger partial charge in [0.05, 0.1) is 0 Å². The van der Waals surface area contributed by atoms with Crippen molar-refractivity contribution < 1.29 is 19.1 Å². The van der Waals surface area contributed by atoms with Crippen molar-refractivity contribution in [3.05, 3.63) is 77.4 Å². The van der Waals surface area contributed by atoms with Gasteiger partial charge in [0.1, 0.15) is 17.7 Å². The molecule has 2 N–H and O–H groups in total. The van der Waals surface area contributed by atoms with Crippen molar-refractivity contribution in [1.29, 1.82) is 0 Å². The molecule has 0 aromatic heterocycles. The largest absolute Gasteiger partial charge is 0.444 e. The predicted octanol–water partition coefficient (Wildman–Crippen LogP) is 8.19. The summed E-state index contributed by atoms with van der Waals surface area (Å²) in [6.45, 7) is 11.9. The Morgan fingerprint density at radius 2 is 1.66 bits per heavy atom. The lowest BCUT2D eigenvalue weighted by molar-refractivity contribution is -0.141. The van der Waals surface area contributed by atoms with Gasteiger partial charge in [0.15, 0.2) is 0 Å². The average Bonchev–Trinajstić information content (AvgIpc) is 2.96. The topological polar surface area (TPSA) is 87.7 Å². The highest BCUT2D eigenvalue weighted by Gasteiger charge is 2.36. The fourth-order valence-corrected chi connectivity index (χ4v) is 5.75. The van der Waals surface area contributed by atoms with Crippen LogP contribution in [0.25, 0.3) is 10.8 Å². The molecule has 44 heavy (non-hydrogen) atoms. The van der Waals surface area contributed by atoms with E-state index in [4.69, 9.17) is 4.74 Å². The van der Waals surface area contributed by atoms with E-state index in [-0.39, 0.29) is 11.8 Å². The summed E-state index contributed by atoms with van der Waals surface area (Å²) in [6, 6.07) is 18.0. The van der Waals surface area contributed by atoms with Gasteiger partial charge < -0.3 is 20.3 Å². The first-order valence-electron chi connectivity index (χ1n) is 15.6. The number of nitrogens with zero attached hydrogens (tertiary/aromatic N) is 1. The van der Waals surface area contributed by atoms with E-state index < -0.39 is 23.8 Å². The molecule has 2 unspecified atom stereocenters. The number of amides is 3. The second kappa shape index (κ2) is 16.5. The second-order valence-corrected chi connectivity index (χ2v) is 13.4. The van der Waals surface area contributed by atoms with Gasteiger partial charge in [-0.2, -0.15) is 11.8 Å². The van der Waals surface area contributed by atoms with Gasteiger partial charge in [-0.1, -0.05) is 80.3 Å². The Labute approximate surface area is 267 Å². The van der Waals surface area contributed by atoms with E-state index in [0.717, 1.165) is 53.1 Å². The first-order valence-corrected chi connectivity index (χ1v) is 17.0. The Balaban J connectivity index is 2.06. The van der Waals surface area contributed by atoms with E-state index in [1.165, 1.54) is 0 Å². The Morgan fingerprint density at radius 1 is 0.932 bits per heavy atom. The third-order valence-electron chi connectivity index (χ3n) is 7.43. The molecule has 0 fully saturated rings. The van der Waals surface area contributed by atoms with Crippen molar-refractivity contribution in [2.75, 3.05) is 23.9 Å². The van der Waals surface area contributed by atoms with Gasteiger partial charge in [0, 0.05) is 12.2 Å². The molecule has 0 heterocycles. The smallest absolute Gasteiger partial charge is 0.408 e. The first kappa shape index (κ1) is 35.0. The SMILES string of the molecule is CCCCCCN(C(=O)C(CCSC)NC(=O)OC(C)(C)C)C(C(=O)Nc1ccc2ccccc2c1)c1ccc(C)cc1C. The number of anilines is 1. The van der Waals surface area contributed by atoms with Crippen LogP contribution in [0.3, 0.4) is 0 Å². The van der Waals surface area contributed by atoms with Crippen LogP contribution in [0, 0.1) is 13.8 Å². The molecule has 0 saturated carbocycles. The minimum Gasteiger partial charge on any atom is -0.444 e. The number of nitrogens with one attached hydrogen (secondary N) is 2. The molecule has 3 aromatic rings. The van der Waals surface area contributed by atoms with Gasteiger partial charge in [-0.25, -0.2) is 4.79 Å². The highest BCUT2D eigenvalue weighted by molar-refractivity contribution is 7.98. The van der Waals surface area contributed by atoms with Gasteiger partial charge in [-0.05, 0) is 93.5 Å². The molecule has 3 aromatic carbocycles. The molecule has 0 spiro atoms. The molecule has 238 valence electrons. The maximum atomic E-state index is 14.5. The normalized spacial score (nSPS) is 12.8. The van der Waals surface area contributed by atoms with Crippen molar-refractivity contribution in [3.8, 4) is 0 Å². The van der Waals surface area contributed by atoms with E-state index in [0.29, 0.717) is 24.4 Å². The molecule has 0 saturated heterocycles. The van der Waals surface area contributed by atoms with Crippen LogP contribution in [0.2, 0.25) is 0 Å². The molecule has 0 aliphatic carbocycles. The van der Waals surface area contributed by atoms with E-state index in [1.807, 2.05) is 80.8 Å². The average molecular weight is 620 g/mol. The van der Waals surface area contributed by atoms with E-state index >= 15 is 0 Å². The Hall–Kier alpha value is -3.52. The molecular formula is C36H49N3O4S. The number of rotatable bonds is 14. The van der Waals surface area contributed by atoms with Gasteiger partial charge in [-0.15, -0.1) is 0 Å². The molecule has 7 nitrogen and oxygen atoms in total. The standard InChI is InChI=1S/C36H49N3O4S/c1-8-9-10-13-21-39(34(41)31(20-22-44-7)38-35(42)43-36(4,5)6)32(30-19-16-25(2)23-26(30)3)33(40)37-29-18-17-27-14-11-12-15-28(27)24-29/h11-12,14-19,23-24,31-32H,8-10,13,20-22H2,1-7H3,(H,37,40)(H,38,42). The molecular weight excluding hydrogens is 570 g/mol. The molecule has 3 amide bonds. The Morgan fingerprint density at radius 3 is 2.32 bits per heavy atom. The number of thioether (sulfide) groups is 1. The number of fused-ring (bicyclic) bond motifs is 1. The third-order valence-corrected chi connectivity index (χ3v) is 8.08. The van der Waals surface area contributed by atoms with E-state index in [2.05, 4.69) is 17.6 Å². The number of carbonyl (C=O) groups excluding carboxylic acids is 3. The van der Waals surface area contributed by atoms with Gasteiger partial charge in [0.2, 0.25) is 5.91 Å². The van der Waals surface area contributed by atoms with Crippen LogP contribution in [0.4, 0.5) is 10.5 Å². The molecule has 0 aliphatic heterocycles. The zero-order valence-corrected chi connectivity index (χ0v) is 28.2. The van der Waals surface area contributed by atoms with Crippen LogP contribution >= 0.6 is 11.8 Å². The summed E-state index contributed by atoms with van der Waals surface area (Å²) in [5, 5.41) is 8.04. The van der Waals surface area contributed by atoms with Crippen LogP contribution in [-0.4, -0.2) is 53.0 Å². The third kappa shape index (κ3) is 10.3. The number of alkyl carbamates (subject to hydrolysis) is 1. The summed E-state index contributed by atoms with van der Waals surface area (Å²) in [5.41, 5.74) is 2.71. The van der Waals surface area contributed by atoms with Gasteiger partial charge in [0.25, 0.3) is 5.91 Å². The van der Waals surface area contributed by atoms with Crippen molar-refractivity contribution in [2.24, 2.45) is 0 Å². The summed E-state index contributed by atoms with van der Waals surface area (Å²) >= 11 is 1.60. The lowest BCUT2D eigenvalue weighted by atomic mass is 9.95. The Kier molecular flexibility index (Phi) is 13.1. The van der Waals surface area contributed by atoms with E-state index in [1.54, 1.807) is 37.4 Å². The highest BCUT2D eigenvalue weighted by atomic mass is 32.2. The zero-order chi connectivity index (χ0) is 32.3. The van der Waals surface area contributed by atoms with Crippen LogP contribution in [0.5, 0.6) is 0 Å². The van der Waals surface area contributed by atoms with Gasteiger partial charge in [-0.3, -0.25) is 9.59 Å². The number of unbranched alkanes of at least 4 members (excludes halogenated alkanes) is 3. The fraction of sp³-hybridized carbons (Fsp3) is 0.472. The molecule has 3 rings (SSSR count). The maximum Gasteiger partial charge on any atom is 0.408 e. The summed E-state index contributed by atoms with van der Waals surface area (Å²) < 4.78 is 5.52. The Bertz CT molecular complexity index is 1420. The summed E-state index contributed by atoms with van der Waals surface area (Å²) in [4.78, 5) is 43.4. The minimum absolute atomic E-state index is 0.292. The van der Waals surface area contributed by atoms with Crippen LogP contribution in [-0.2, 0) is 14.3 Å². The summed E-state index contributed by atoms with van der Waals surface area (Å²) in [5.74, 6) is 0.0740. The molecule has 0 radical (unpaired) electrons. The fourth-order valence-electron chi connectivity index (χ4n) is 5.28. The number of benzene rings is 3. The second-order valence-electron chi connectivity index (χ2n) is 12.4. The monoisotopic (exact) mass is 619 g/mol. The quantitative estimate of drug-likeness (QED) is 0.178. The number of hydrogen-bond donors (Lipinski definition) is 2. The van der Waals surface area contributed by atoms with Crippen LogP contribution in [0.1, 0.15) is 82.5 Å².